The Balaban J connectivity index is 1.91. The monoisotopic (exact) mass is 388 g/mol. The first-order valence-corrected chi connectivity index (χ1v) is 8.25. The summed E-state index contributed by atoms with van der Waals surface area (Å²) >= 11 is 6.49. The maximum absolute atomic E-state index is 13.4. The minimum Gasteiger partial charge on any atom is -0.268 e. The molecule has 3 rings (SSSR count). The van der Waals surface area contributed by atoms with E-state index in [2.05, 4.69) is 9.71 Å². The van der Waals surface area contributed by atoms with E-state index in [-0.39, 0.29) is 11.1 Å². The predicted octanol–water partition coefficient (Wildman–Crippen LogP) is 3.59. The lowest BCUT2D eigenvalue weighted by atomic mass is 10.1. The van der Waals surface area contributed by atoms with Crippen molar-refractivity contribution < 1.29 is 13.2 Å². The van der Waals surface area contributed by atoms with Gasteiger partial charge in [-0.3, -0.25) is 4.79 Å². The van der Waals surface area contributed by atoms with E-state index in [1.54, 1.807) is 0 Å². The highest BCUT2D eigenvalue weighted by molar-refractivity contribution is 7.97. The molecule has 0 aliphatic rings. The molecule has 1 unspecified atom stereocenters. The molecule has 0 aliphatic heterocycles. The van der Waals surface area contributed by atoms with Crippen molar-refractivity contribution in [2.24, 2.45) is 7.05 Å². The van der Waals surface area contributed by atoms with E-state index in [9.17, 15) is 18.0 Å². The molecule has 0 aliphatic carbocycles. The summed E-state index contributed by atoms with van der Waals surface area (Å²) in [6, 6.07) is 6.39. The van der Waals surface area contributed by atoms with E-state index >= 15 is 0 Å². The summed E-state index contributed by atoms with van der Waals surface area (Å²) in [5.41, 5.74) is 0.200. The van der Waals surface area contributed by atoms with Crippen molar-refractivity contribution in [3.8, 4) is 0 Å². The Morgan fingerprint density at radius 2 is 1.88 bits per heavy atom. The Bertz CT molecular complexity index is 952. The summed E-state index contributed by atoms with van der Waals surface area (Å²) in [7, 11) is 1.52. The second-order valence-electron chi connectivity index (χ2n) is 5.21. The Hall–Kier alpha value is -1.97. The molecule has 0 saturated heterocycles. The lowest BCUT2D eigenvalue weighted by molar-refractivity contribution is -0.152. The van der Waals surface area contributed by atoms with Crippen LogP contribution < -0.4 is 10.3 Å². The van der Waals surface area contributed by atoms with E-state index in [1.807, 2.05) is 0 Å². The molecule has 0 bridgehead atoms. The summed E-state index contributed by atoms with van der Waals surface area (Å²) in [5, 5.41) is 0.715. The number of imidazole rings is 1. The first-order chi connectivity index (χ1) is 11.8. The molecule has 1 N–H and O–H groups in total. The number of hydrogen-bond acceptors (Lipinski definition) is 4. The van der Waals surface area contributed by atoms with Crippen molar-refractivity contribution >= 4 is 29.2 Å². The lowest BCUT2D eigenvalue weighted by Crippen LogP contribution is -2.30. The first-order valence-electron chi connectivity index (χ1n) is 7.05. The van der Waals surface area contributed by atoms with Crippen LogP contribution in [0.15, 0.2) is 52.4 Å². The van der Waals surface area contributed by atoms with Gasteiger partial charge in [0.05, 0.1) is 6.20 Å². The van der Waals surface area contributed by atoms with Crippen LogP contribution >= 0.6 is 23.5 Å². The van der Waals surface area contributed by atoms with Crippen LogP contribution in [0.3, 0.4) is 0 Å². The summed E-state index contributed by atoms with van der Waals surface area (Å²) in [4.78, 5) is 15.8. The molecule has 1 atom stereocenters. The van der Waals surface area contributed by atoms with Gasteiger partial charge in [0.25, 0.3) is 5.56 Å². The third kappa shape index (κ3) is 3.68. The van der Waals surface area contributed by atoms with Crippen molar-refractivity contribution in [1.82, 2.24) is 18.9 Å². The Kier molecular flexibility index (Phi) is 4.81. The lowest BCUT2D eigenvalue weighted by Gasteiger charge is -2.21. The van der Waals surface area contributed by atoms with Crippen LogP contribution in [0.1, 0.15) is 11.6 Å². The fourth-order valence-electron chi connectivity index (χ4n) is 2.28. The number of aromatic nitrogens is 3. The van der Waals surface area contributed by atoms with Gasteiger partial charge in [-0.15, -0.1) is 0 Å². The van der Waals surface area contributed by atoms with Crippen molar-refractivity contribution in [1.29, 1.82) is 0 Å². The standard InChI is InChI=1S/C15H12ClF3N4OS/c1-22-12(24)7-6-11-20-8-13(23(11)22)25-21-14(15(17,18)19)9-2-4-10(16)5-3-9/h2-8,14,21H,1H3. The second kappa shape index (κ2) is 6.74. The number of nitrogens with zero attached hydrogens (tertiary/aromatic N) is 3. The third-order valence-corrected chi connectivity index (χ3v) is 4.63. The van der Waals surface area contributed by atoms with Crippen LogP contribution in [-0.4, -0.2) is 20.4 Å². The third-order valence-electron chi connectivity index (χ3n) is 3.54. The molecule has 0 amide bonds. The molecule has 5 nitrogen and oxygen atoms in total. The second-order valence-corrected chi connectivity index (χ2v) is 6.50. The highest BCUT2D eigenvalue weighted by Crippen LogP contribution is 2.35. The molecule has 0 fully saturated rings. The number of halogens is 4. The predicted molar refractivity (Wildman–Crippen MR) is 89.7 cm³/mol. The summed E-state index contributed by atoms with van der Waals surface area (Å²) < 4.78 is 45.3. The number of rotatable bonds is 4. The molecule has 2 heterocycles. The SMILES string of the molecule is Cn1c(=O)ccc2ncc(SNC(c3ccc(Cl)cc3)C(F)(F)F)n21. The summed E-state index contributed by atoms with van der Waals surface area (Å²) in [6.45, 7) is 0. The molecule has 132 valence electrons. The van der Waals surface area contributed by atoms with Gasteiger partial charge in [-0.1, -0.05) is 23.7 Å². The number of benzene rings is 1. The van der Waals surface area contributed by atoms with Gasteiger partial charge in [-0.05, 0) is 35.7 Å². The Labute approximate surface area is 149 Å². The summed E-state index contributed by atoms with van der Waals surface area (Å²) in [5.74, 6) is 0. The number of aryl methyl sites for hydroxylation is 1. The highest BCUT2D eigenvalue weighted by Gasteiger charge is 2.41. The van der Waals surface area contributed by atoms with E-state index in [4.69, 9.17) is 11.6 Å². The maximum atomic E-state index is 13.4. The molecule has 2 aromatic heterocycles. The van der Waals surface area contributed by atoms with Crippen LogP contribution in [-0.2, 0) is 7.05 Å². The van der Waals surface area contributed by atoms with Crippen LogP contribution in [0.25, 0.3) is 5.65 Å². The largest absolute Gasteiger partial charge is 0.408 e. The molecule has 0 radical (unpaired) electrons. The van der Waals surface area contributed by atoms with Crippen LogP contribution in [0.4, 0.5) is 13.2 Å². The van der Waals surface area contributed by atoms with Gasteiger partial charge in [0.15, 0.2) is 5.65 Å². The van der Waals surface area contributed by atoms with Crippen LogP contribution in [0.2, 0.25) is 5.02 Å². The normalized spacial score (nSPS) is 13.3. The molecule has 1 aromatic carbocycles. The molecular weight excluding hydrogens is 377 g/mol. The smallest absolute Gasteiger partial charge is 0.268 e. The Morgan fingerprint density at radius 1 is 1.20 bits per heavy atom. The van der Waals surface area contributed by atoms with Gasteiger partial charge >= 0.3 is 6.18 Å². The molecule has 10 heteroatoms. The van der Waals surface area contributed by atoms with Crippen molar-refractivity contribution in [2.75, 3.05) is 0 Å². The van der Waals surface area contributed by atoms with Crippen LogP contribution in [0.5, 0.6) is 0 Å². The average molecular weight is 389 g/mol. The number of nitrogens with one attached hydrogen (secondary N) is 1. The quantitative estimate of drug-likeness (QED) is 0.694. The molecule has 0 spiro atoms. The minimum absolute atomic E-state index is 0.0344. The minimum atomic E-state index is -4.51. The van der Waals surface area contributed by atoms with E-state index in [1.165, 1.54) is 58.8 Å². The van der Waals surface area contributed by atoms with Gasteiger partial charge in [-0.25, -0.2) is 18.9 Å². The van der Waals surface area contributed by atoms with Crippen molar-refractivity contribution in [3.63, 3.8) is 0 Å². The molecule has 0 saturated carbocycles. The topological polar surface area (TPSA) is 51.3 Å². The van der Waals surface area contributed by atoms with E-state index in [0.717, 1.165) is 11.9 Å². The Morgan fingerprint density at radius 3 is 2.52 bits per heavy atom. The molecule has 25 heavy (non-hydrogen) atoms. The van der Waals surface area contributed by atoms with Gasteiger partial charge in [0.2, 0.25) is 0 Å². The zero-order chi connectivity index (χ0) is 18.2. The van der Waals surface area contributed by atoms with E-state index in [0.29, 0.717) is 15.7 Å². The van der Waals surface area contributed by atoms with Gasteiger partial charge in [-0.2, -0.15) is 13.2 Å². The fourth-order valence-corrected chi connectivity index (χ4v) is 3.32. The van der Waals surface area contributed by atoms with Crippen LogP contribution in [0, 0.1) is 0 Å². The zero-order valence-electron chi connectivity index (χ0n) is 12.8. The number of hydrogen-bond donors (Lipinski definition) is 1. The zero-order valence-corrected chi connectivity index (χ0v) is 14.4. The molecular formula is C15H12ClF3N4OS. The van der Waals surface area contributed by atoms with Crippen molar-refractivity contribution in [2.45, 2.75) is 17.2 Å². The fraction of sp³-hybridized carbons (Fsp3) is 0.200. The van der Waals surface area contributed by atoms with Gasteiger partial charge < -0.3 is 0 Å². The number of alkyl halides is 3. The number of fused-ring (bicyclic) bond motifs is 1. The van der Waals surface area contributed by atoms with Crippen molar-refractivity contribution in [3.05, 3.63) is 63.5 Å². The van der Waals surface area contributed by atoms with Gasteiger partial charge in [0.1, 0.15) is 11.1 Å². The summed E-state index contributed by atoms with van der Waals surface area (Å²) in [6.07, 6.45) is -3.10. The molecule has 3 aromatic rings. The average Bonchev–Trinajstić information content (AvgIpc) is 2.95. The highest BCUT2D eigenvalue weighted by atomic mass is 35.5. The van der Waals surface area contributed by atoms with E-state index < -0.39 is 12.2 Å². The first kappa shape index (κ1) is 17.8. The maximum Gasteiger partial charge on any atom is 0.408 e. The van der Waals surface area contributed by atoms with Gasteiger partial charge in [0, 0.05) is 18.1 Å².